The van der Waals surface area contributed by atoms with Crippen LogP contribution >= 0.6 is 15.9 Å². The molecule has 0 fully saturated rings. The Morgan fingerprint density at radius 1 is 0.939 bits per heavy atom. The van der Waals surface area contributed by atoms with E-state index in [1.54, 1.807) is 36.4 Å². The summed E-state index contributed by atoms with van der Waals surface area (Å²) in [5.41, 5.74) is 0.827. The molecule has 0 aliphatic heterocycles. The average molecular weight is 541 g/mol. The van der Waals surface area contributed by atoms with Crippen LogP contribution in [0.5, 0.6) is 0 Å². The maximum atomic E-state index is 13.3. The first-order valence-corrected chi connectivity index (χ1v) is 12.0. The van der Waals surface area contributed by atoms with Gasteiger partial charge in [0.15, 0.2) is 0 Å². The van der Waals surface area contributed by atoms with Crippen LogP contribution in [0.2, 0.25) is 0 Å². The molecule has 0 saturated heterocycles. The van der Waals surface area contributed by atoms with Gasteiger partial charge in [-0.2, -0.15) is 17.5 Å². The number of hydrogen-bond donors (Lipinski definition) is 1. The van der Waals surface area contributed by atoms with Crippen LogP contribution < -0.4 is 5.32 Å². The van der Waals surface area contributed by atoms with Gasteiger partial charge in [-0.1, -0.05) is 45.8 Å². The Morgan fingerprint density at radius 2 is 1.52 bits per heavy atom. The molecule has 0 aliphatic rings. The van der Waals surface area contributed by atoms with Crippen molar-refractivity contribution in [1.82, 2.24) is 4.31 Å². The van der Waals surface area contributed by atoms with Crippen molar-refractivity contribution in [3.8, 4) is 0 Å². The third-order valence-corrected chi connectivity index (χ3v) is 7.08. The van der Waals surface area contributed by atoms with Gasteiger partial charge in [0.05, 0.1) is 17.0 Å². The fourth-order valence-corrected chi connectivity index (χ4v) is 4.63. The summed E-state index contributed by atoms with van der Waals surface area (Å²) in [7, 11) is -4.03. The Kier molecular flexibility index (Phi) is 7.61. The standard InChI is InChI=1S/C23H20BrF3N2O3S/c1-16-2-12-21(13-3-16)33(31,32)29(14-17-4-8-19(24)9-5-17)15-22(30)28-20-10-6-18(7-11-20)23(25,26)27/h2-13H,14-15H2,1H3,(H,28,30). The number of halogens is 4. The number of nitrogens with one attached hydrogen (secondary N) is 1. The number of hydrogen-bond acceptors (Lipinski definition) is 3. The van der Waals surface area contributed by atoms with Gasteiger partial charge in [-0.15, -0.1) is 0 Å². The van der Waals surface area contributed by atoms with E-state index in [2.05, 4.69) is 21.2 Å². The molecule has 0 atom stereocenters. The highest BCUT2D eigenvalue weighted by Crippen LogP contribution is 2.30. The summed E-state index contributed by atoms with van der Waals surface area (Å²) in [5.74, 6) is -0.678. The van der Waals surface area contributed by atoms with Crippen LogP contribution in [0, 0.1) is 6.92 Å². The van der Waals surface area contributed by atoms with Crippen LogP contribution in [0.15, 0.2) is 82.2 Å². The first-order chi connectivity index (χ1) is 15.4. The predicted molar refractivity (Wildman–Crippen MR) is 123 cm³/mol. The van der Waals surface area contributed by atoms with Crippen molar-refractivity contribution in [3.63, 3.8) is 0 Å². The summed E-state index contributed by atoms with van der Waals surface area (Å²) in [5, 5.41) is 2.46. The zero-order chi connectivity index (χ0) is 24.2. The lowest BCUT2D eigenvalue weighted by Gasteiger charge is -2.22. The van der Waals surface area contributed by atoms with E-state index in [9.17, 15) is 26.4 Å². The van der Waals surface area contributed by atoms with E-state index < -0.39 is 34.2 Å². The Morgan fingerprint density at radius 3 is 2.06 bits per heavy atom. The Bertz CT molecular complexity index is 1210. The van der Waals surface area contributed by atoms with Crippen LogP contribution in [0.25, 0.3) is 0 Å². The highest BCUT2D eigenvalue weighted by atomic mass is 79.9. The number of amides is 1. The van der Waals surface area contributed by atoms with Gasteiger partial charge in [0, 0.05) is 16.7 Å². The molecule has 33 heavy (non-hydrogen) atoms. The van der Waals surface area contributed by atoms with Crippen molar-refractivity contribution >= 4 is 37.5 Å². The second-order valence-corrected chi connectivity index (χ2v) is 10.2. The largest absolute Gasteiger partial charge is 0.416 e. The van der Waals surface area contributed by atoms with Crippen molar-refractivity contribution in [2.75, 3.05) is 11.9 Å². The molecule has 3 aromatic rings. The molecule has 3 rings (SSSR count). The third kappa shape index (κ3) is 6.66. The molecule has 1 amide bonds. The molecular weight excluding hydrogens is 521 g/mol. The van der Waals surface area contributed by atoms with Gasteiger partial charge in [0.25, 0.3) is 0 Å². The number of aryl methyl sites for hydroxylation is 1. The van der Waals surface area contributed by atoms with Gasteiger partial charge >= 0.3 is 6.18 Å². The second kappa shape index (κ2) is 10.1. The molecule has 1 N–H and O–H groups in total. The lowest BCUT2D eigenvalue weighted by molar-refractivity contribution is -0.137. The van der Waals surface area contributed by atoms with Gasteiger partial charge in [0.1, 0.15) is 0 Å². The maximum Gasteiger partial charge on any atom is 0.416 e. The molecular formula is C23H20BrF3N2O3S. The Balaban J connectivity index is 1.83. The average Bonchev–Trinajstić information content (AvgIpc) is 2.75. The number of alkyl halides is 3. The van der Waals surface area contributed by atoms with E-state index in [0.717, 1.165) is 38.6 Å². The summed E-state index contributed by atoms with van der Waals surface area (Å²) in [4.78, 5) is 12.7. The molecule has 0 heterocycles. The Labute approximate surface area is 198 Å². The van der Waals surface area contributed by atoms with Gasteiger partial charge in [-0.05, 0) is 61.0 Å². The first kappa shape index (κ1) is 24.9. The minimum atomic E-state index is -4.49. The summed E-state index contributed by atoms with van der Waals surface area (Å²) in [6.07, 6.45) is -4.49. The highest BCUT2D eigenvalue weighted by Gasteiger charge is 2.30. The summed E-state index contributed by atoms with van der Waals surface area (Å²) >= 11 is 3.32. The minimum absolute atomic E-state index is 0.0348. The Hall–Kier alpha value is -2.69. The SMILES string of the molecule is Cc1ccc(S(=O)(=O)N(CC(=O)Nc2ccc(C(F)(F)F)cc2)Cc2ccc(Br)cc2)cc1. The van der Waals surface area contributed by atoms with E-state index in [1.807, 2.05) is 6.92 Å². The topological polar surface area (TPSA) is 66.5 Å². The van der Waals surface area contributed by atoms with Crippen molar-refractivity contribution in [3.05, 3.63) is 94.0 Å². The van der Waals surface area contributed by atoms with E-state index in [0.29, 0.717) is 5.56 Å². The number of carbonyl (C=O) groups excluding carboxylic acids is 1. The zero-order valence-electron chi connectivity index (χ0n) is 17.4. The normalized spacial score (nSPS) is 12.1. The predicted octanol–water partition coefficient (Wildman–Crippen LogP) is 5.61. The monoisotopic (exact) mass is 540 g/mol. The molecule has 0 saturated carbocycles. The maximum absolute atomic E-state index is 13.3. The molecule has 10 heteroatoms. The molecule has 0 unspecified atom stereocenters. The van der Waals surface area contributed by atoms with Gasteiger partial charge in [0.2, 0.25) is 15.9 Å². The summed E-state index contributed by atoms with van der Waals surface area (Å²) in [6, 6.07) is 17.2. The van der Waals surface area contributed by atoms with Gasteiger partial charge < -0.3 is 5.32 Å². The quantitative estimate of drug-likeness (QED) is 0.423. The molecule has 0 radical (unpaired) electrons. The lowest BCUT2D eigenvalue weighted by Crippen LogP contribution is -2.37. The summed E-state index contributed by atoms with van der Waals surface area (Å²) in [6.45, 7) is 1.24. The minimum Gasteiger partial charge on any atom is -0.325 e. The number of benzene rings is 3. The number of anilines is 1. The van der Waals surface area contributed by atoms with E-state index >= 15 is 0 Å². The van der Waals surface area contributed by atoms with E-state index in [1.165, 1.54) is 12.1 Å². The zero-order valence-corrected chi connectivity index (χ0v) is 19.8. The van der Waals surface area contributed by atoms with E-state index in [4.69, 9.17) is 0 Å². The lowest BCUT2D eigenvalue weighted by atomic mass is 10.2. The fourth-order valence-electron chi connectivity index (χ4n) is 2.98. The smallest absolute Gasteiger partial charge is 0.325 e. The van der Waals surface area contributed by atoms with E-state index in [-0.39, 0.29) is 17.1 Å². The highest BCUT2D eigenvalue weighted by molar-refractivity contribution is 9.10. The number of sulfonamides is 1. The molecule has 0 spiro atoms. The van der Waals surface area contributed by atoms with Crippen LogP contribution in [0.3, 0.4) is 0 Å². The molecule has 0 bridgehead atoms. The second-order valence-electron chi connectivity index (χ2n) is 7.34. The third-order valence-electron chi connectivity index (χ3n) is 4.75. The first-order valence-electron chi connectivity index (χ1n) is 9.73. The number of carbonyl (C=O) groups is 1. The van der Waals surface area contributed by atoms with Crippen molar-refractivity contribution in [2.24, 2.45) is 0 Å². The number of nitrogens with zero attached hydrogens (tertiary/aromatic N) is 1. The molecule has 174 valence electrons. The fraction of sp³-hybridized carbons (Fsp3) is 0.174. The molecule has 3 aromatic carbocycles. The van der Waals surface area contributed by atoms with Crippen molar-refractivity contribution in [2.45, 2.75) is 24.5 Å². The van der Waals surface area contributed by atoms with Gasteiger partial charge in [-0.25, -0.2) is 8.42 Å². The van der Waals surface area contributed by atoms with Crippen LogP contribution in [-0.4, -0.2) is 25.2 Å². The molecule has 0 aromatic heterocycles. The van der Waals surface area contributed by atoms with Gasteiger partial charge in [-0.3, -0.25) is 4.79 Å². The van der Waals surface area contributed by atoms with Crippen LogP contribution in [0.4, 0.5) is 18.9 Å². The van der Waals surface area contributed by atoms with Crippen LogP contribution in [-0.2, 0) is 27.5 Å². The van der Waals surface area contributed by atoms with Crippen LogP contribution in [0.1, 0.15) is 16.7 Å². The number of rotatable bonds is 7. The van der Waals surface area contributed by atoms with Crippen molar-refractivity contribution < 1.29 is 26.4 Å². The molecule has 5 nitrogen and oxygen atoms in total. The molecule has 0 aliphatic carbocycles. The summed E-state index contributed by atoms with van der Waals surface area (Å²) < 4.78 is 66.6. The van der Waals surface area contributed by atoms with Crippen molar-refractivity contribution in [1.29, 1.82) is 0 Å².